The lowest BCUT2D eigenvalue weighted by Crippen LogP contribution is -2.43. The molecule has 1 rings (SSSR count). The highest BCUT2D eigenvalue weighted by molar-refractivity contribution is 8.00. The molecule has 3 nitrogen and oxygen atoms in total. The van der Waals surface area contributed by atoms with Gasteiger partial charge in [0.05, 0.1) is 0 Å². The van der Waals surface area contributed by atoms with Crippen LogP contribution in [0.1, 0.15) is 33.1 Å². The molecule has 0 saturated carbocycles. The molecule has 3 unspecified atom stereocenters. The molecule has 0 bridgehead atoms. The first-order chi connectivity index (χ1) is 6.63. The number of hydrogen-bond acceptors (Lipinski definition) is 3. The van der Waals surface area contributed by atoms with Crippen LogP contribution in [0.5, 0.6) is 0 Å². The molecule has 0 amide bonds. The number of carbonyl (C=O) groups is 1. The predicted molar refractivity (Wildman–Crippen MR) is 59.8 cm³/mol. The number of nitrogens with one attached hydrogen (secondary N) is 1. The molecule has 2 N–H and O–H groups in total. The second-order valence-corrected chi connectivity index (χ2v) is 5.39. The van der Waals surface area contributed by atoms with Gasteiger partial charge in [0.25, 0.3) is 0 Å². The summed E-state index contributed by atoms with van der Waals surface area (Å²) in [5.74, 6) is 0.339. The minimum absolute atomic E-state index is 0.351. The smallest absolute Gasteiger partial charge is 0.320 e. The molecule has 0 spiro atoms. The van der Waals surface area contributed by atoms with Crippen molar-refractivity contribution in [2.75, 3.05) is 5.75 Å². The van der Waals surface area contributed by atoms with Crippen LogP contribution >= 0.6 is 11.8 Å². The van der Waals surface area contributed by atoms with Crippen LogP contribution in [0.25, 0.3) is 0 Å². The molecule has 14 heavy (non-hydrogen) atoms. The van der Waals surface area contributed by atoms with Gasteiger partial charge in [-0.05, 0) is 12.8 Å². The molecule has 1 aliphatic heterocycles. The molecular weight excluding hydrogens is 198 g/mol. The fraction of sp³-hybridized carbons (Fsp3) is 0.900. The van der Waals surface area contributed by atoms with Crippen molar-refractivity contribution >= 4 is 17.7 Å². The molecule has 1 aliphatic rings. The molecule has 3 atom stereocenters. The quantitative estimate of drug-likeness (QED) is 0.736. The van der Waals surface area contributed by atoms with E-state index >= 15 is 0 Å². The van der Waals surface area contributed by atoms with E-state index in [9.17, 15) is 4.79 Å². The van der Waals surface area contributed by atoms with Crippen LogP contribution in [0, 0.1) is 0 Å². The molecular formula is C10H19NO2S. The topological polar surface area (TPSA) is 49.3 Å². The van der Waals surface area contributed by atoms with Crippen LogP contribution in [0.4, 0.5) is 0 Å². The van der Waals surface area contributed by atoms with E-state index in [0.717, 1.165) is 25.0 Å². The summed E-state index contributed by atoms with van der Waals surface area (Å²) in [6.45, 7) is 4.21. The first-order valence-corrected chi connectivity index (χ1v) is 6.28. The fourth-order valence-corrected chi connectivity index (χ4v) is 2.95. The van der Waals surface area contributed by atoms with Gasteiger partial charge in [0.15, 0.2) is 0 Å². The summed E-state index contributed by atoms with van der Waals surface area (Å²) in [4.78, 5) is 10.9. The first kappa shape index (κ1) is 11.9. The molecule has 4 heteroatoms. The third-order valence-electron chi connectivity index (χ3n) is 2.51. The Bertz CT molecular complexity index is 199. The van der Waals surface area contributed by atoms with E-state index in [1.165, 1.54) is 0 Å². The molecule has 0 aromatic rings. The van der Waals surface area contributed by atoms with Gasteiger partial charge in [-0.15, -0.1) is 0 Å². The van der Waals surface area contributed by atoms with E-state index in [2.05, 4.69) is 12.2 Å². The van der Waals surface area contributed by atoms with Crippen LogP contribution in [-0.2, 0) is 4.79 Å². The summed E-state index contributed by atoms with van der Waals surface area (Å²) in [6.07, 6.45) is 2.74. The van der Waals surface area contributed by atoms with Crippen LogP contribution in [0.2, 0.25) is 0 Å². The molecule has 1 fully saturated rings. The van der Waals surface area contributed by atoms with E-state index in [1.54, 1.807) is 0 Å². The zero-order valence-corrected chi connectivity index (χ0v) is 9.64. The minimum Gasteiger partial charge on any atom is -0.480 e. The maximum Gasteiger partial charge on any atom is 0.320 e. The second kappa shape index (κ2) is 5.61. The maximum atomic E-state index is 10.9. The lowest BCUT2D eigenvalue weighted by Gasteiger charge is -2.18. The van der Waals surface area contributed by atoms with Crippen LogP contribution in [-0.4, -0.2) is 34.2 Å². The van der Waals surface area contributed by atoms with E-state index < -0.39 is 5.97 Å². The van der Waals surface area contributed by atoms with Gasteiger partial charge in [-0.25, -0.2) is 0 Å². The number of carboxylic acids is 1. The van der Waals surface area contributed by atoms with Crippen molar-refractivity contribution in [2.24, 2.45) is 0 Å². The normalized spacial score (nSPS) is 29.0. The molecule has 0 radical (unpaired) electrons. The van der Waals surface area contributed by atoms with Crippen LogP contribution in [0.15, 0.2) is 0 Å². The van der Waals surface area contributed by atoms with Gasteiger partial charge in [0.1, 0.15) is 6.04 Å². The molecule has 0 aromatic heterocycles. The number of rotatable bonds is 5. The summed E-state index contributed by atoms with van der Waals surface area (Å²) in [6, 6.07) is 0.0403. The van der Waals surface area contributed by atoms with Crippen molar-refractivity contribution < 1.29 is 9.90 Å². The minimum atomic E-state index is -0.712. The highest BCUT2D eigenvalue weighted by Gasteiger charge is 2.26. The Kier molecular flexibility index (Phi) is 4.75. The number of hydrogen-bond donors (Lipinski definition) is 2. The lowest BCUT2D eigenvalue weighted by atomic mass is 10.1. The van der Waals surface area contributed by atoms with Gasteiger partial charge in [-0.3, -0.25) is 4.79 Å². The van der Waals surface area contributed by atoms with Crippen molar-refractivity contribution in [1.29, 1.82) is 0 Å². The van der Waals surface area contributed by atoms with Crippen LogP contribution in [0.3, 0.4) is 0 Å². The third-order valence-corrected chi connectivity index (χ3v) is 3.87. The molecule has 1 saturated heterocycles. The third kappa shape index (κ3) is 3.50. The van der Waals surface area contributed by atoms with Crippen molar-refractivity contribution in [3.63, 3.8) is 0 Å². The largest absolute Gasteiger partial charge is 0.480 e. The van der Waals surface area contributed by atoms with Crippen LogP contribution < -0.4 is 5.32 Å². The monoisotopic (exact) mass is 217 g/mol. The van der Waals surface area contributed by atoms with Crippen molar-refractivity contribution in [2.45, 2.75) is 50.4 Å². The highest BCUT2D eigenvalue weighted by atomic mass is 32.2. The summed E-state index contributed by atoms with van der Waals surface area (Å²) in [5, 5.41) is 12.9. The lowest BCUT2D eigenvalue weighted by molar-refractivity contribution is -0.139. The zero-order chi connectivity index (χ0) is 10.6. The number of carboxylic acid groups (broad SMARTS) is 1. The standard InChI is InChI=1S/C10H19NO2S/c1-3-4-9(10(12)13)11-8-5-7(2)14-6-8/h7-9,11H,3-6H2,1-2H3,(H,12,13). The second-order valence-electron chi connectivity index (χ2n) is 3.92. The Balaban J connectivity index is 2.35. The Labute approximate surface area is 89.6 Å². The summed E-state index contributed by atoms with van der Waals surface area (Å²) in [7, 11) is 0. The first-order valence-electron chi connectivity index (χ1n) is 5.24. The number of thioether (sulfide) groups is 1. The van der Waals surface area contributed by atoms with Gasteiger partial charge in [-0.1, -0.05) is 20.3 Å². The average Bonchev–Trinajstić information content (AvgIpc) is 2.50. The fourth-order valence-electron chi connectivity index (χ4n) is 1.78. The van der Waals surface area contributed by atoms with Gasteiger partial charge < -0.3 is 10.4 Å². The van der Waals surface area contributed by atoms with Crippen molar-refractivity contribution in [3.8, 4) is 0 Å². The Morgan fingerprint density at radius 2 is 2.43 bits per heavy atom. The molecule has 0 aliphatic carbocycles. The van der Waals surface area contributed by atoms with E-state index in [0.29, 0.717) is 11.3 Å². The summed E-state index contributed by atoms with van der Waals surface area (Å²) in [5.41, 5.74) is 0. The SMILES string of the molecule is CCCC(NC1CSC(C)C1)C(=O)O. The van der Waals surface area contributed by atoms with Crippen molar-refractivity contribution in [1.82, 2.24) is 5.32 Å². The van der Waals surface area contributed by atoms with Crippen molar-refractivity contribution in [3.05, 3.63) is 0 Å². The van der Waals surface area contributed by atoms with Gasteiger partial charge in [0, 0.05) is 17.0 Å². The molecule has 0 aromatic carbocycles. The Morgan fingerprint density at radius 1 is 1.71 bits per heavy atom. The molecule has 82 valence electrons. The van der Waals surface area contributed by atoms with Gasteiger partial charge in [0.2, 0.25) is 0 Å². The van der Waals surface area contributed by atoms with Gasteiger partial charge in [-0.2, -0.15) is 11.8 Å². The van der Waals surface area contributed by atoms with E-state index in [4.69, 9.17) is 5.11 Å². The Morgan fingerprint density at radius 3 is 2.86 bits per heavy atom. The van der Waals surface area contributed by atoms with E-state index in [-0.39, 0.29) is 6.04 Å². The highest BCUT2D eigenvalue weighted by Crippen LogP contribution is 2.26. The number of aliphatic carboxylic acids is 1. The summed E-state index contributed by atoms with van der Waals surface area (Å²) >= 11 is 1.92. The van der Waals surface area contributed by atoms with E-state index in [1.807, 2.05) is 18.7 Å². The van der Waals surface area contributed by atoms with Gasteiger partial charge >= 0.3 is 5.97 Å². The zero-order valence-electron chi connectivity index (χ0n) is 8.82. The Hall–Kier alpha value is -0.220. The predicted octanol–water partition coefficient (Wildman–Crippen LogP) is 1.72. The average molecular weight is 217 g/mol. The molecule has 1 heterocycles. The maximum absolute atomic E-state index is 10.9. The summed E-state index contributed by atoms with van der Waals surface area (Å²) < 4.78 is 0.